The Balaban J connectivity index is 2.73. The van der Waals surface area contributed by atoms with E-state index in [0.717, 1.165) is 23.3 Å². The minimum atomic E-state index is -0.286. The van der Waals surface area contributed by atoms with Crippen LogP contribution in [0.15, 0.2) is 22.7 Å². The molecule has 0 aliphatic carbocycles. The zero-order valence-corrected chi connectivity index (χ0v) is 13.2. The quantitative estimate of drug-likeness (QED) is 0.852. The Morgan fingerprint density at radius 1 is 1.26 bits per heavy atom. The Hall–Kier alpha value is -1.16. The van der Waals surface area contributed by atoms with E-state index >= 15 is 0 Å². The molecule has 0 fully saturated rings. The minimum absolute atomic E-state index is 0.0143. The third kappa shape index (κ3) is 2.89. The van der Waals surface area contributed by atoms with Gasteiger partial charge in [0.15, 0.2) is 0 Å². The summed E-state index contributed by atoms with van der Waals surface area (Å²) in [6.45, 7) is 9.26. The summed E-state index contributed by atoms with van der Waals surface area (Å²) in [5.74, 6) is 0.551. The van der Waals surface area contributed by atoms with E-state index in [-0.39, 0.29) is 11.2 Å². The van der Waals surface area contributed by atoms with Gasteiger partial charge in [-0.3, -0.25) is 0 Å². The maximum Gasteiger partial charge on any atom is 0.139 e. The summed E-state index contributed by atoms with van der Waals surface area (Å²) in [4.78, 5) is 4.56. The summed E-state index contributed by atoms with van der Waals surface area (Å²) in [5, 5.41) is 4.21. The van der Waals surface area contributed by atoms with Gasteiger partial charge in [-0.25, -0.2) is 9.37 Å². The first-order valence-electron chi connectivity index (χ1n) is 6.37. The molecule has 0 amide bonds. The number of anilines is 1. The minimum Gasteiger partial charge on any atom is -0.370 e. The van der Waals surface area contributed by atoms with Crippen molar-refractivity contribution < 1.29 is 4.39 Å². The van der Waals surface area contributed by atoms with Crippen LogP contribution in [-0.4, -0.2) is 11.5 Å². The normalized spacial score (nSPS) is 11.9. The van der Waals surface area contributed by atoms with Gasteiger partial charge in [0, 0.05) is 23.6 Å². The number of hydrogen-bond acceptors (Lipinski definition) is 2. The van der Waals surface area contributed by atoms with Crippen molar-refractivity contribution >= 4 is 32.7 Å². The van der Waals surface area contributed by atoms with Gasteiger partial charge < -0.3 is 5.32 Å². The van der Waals surface area contributed by atoms with Crippen LogP contribution in [-0.2, 0) is 5.41 Å². The SMILES string of the molecule is CCNc1nc2cc(F)c(Br)cc2cc1C(C)(C)C. The predicted octanol–water partition coefficient (Wildman–Crippen LogP) is 4.87. The average molecular weight is 325 g/mol. The van der Waals surface area contributed by atoms with Gasteiger partial charge in [0.2, 0.25) is 0 Å². The zero-order chi connectivity index (χ0) is 14.2. The predicted molar refractivity (Wildman–Crippen MR) is 82.3 cm³/mol. The summed E-state index contributed by atoms with van der Waals surface area (Å²) < 4.78 is 14.1. The molecule has 19 heavy (non-hydrogen) atoms. The van der Waals surface area contributed by atoms with Crippen LogP contribution in [0.2, 0.25) is 0 Å². The molecule has 1 aromatic carbocycles. The first kappa shape index (κ1) is 14.3. The largest absolute Gasteiger partial charge is 0.370 e. The van der Waals surface area contributed by atoms with E-state index in [9.17, 15) is 4.39 Å². The molecule has 0 aliphatic rings. The molecular formula is C15H18BrFN2. The fraction of sp³-hybridized carbons (Fsp3) is 0.400. The van der Waals surface area contributed by atoms with Crippen molar-refractivity contribution in [3.05, 3.63) is 34.1 Å². The Bertz CT molecular complexity index is 618. The summed E-state index contributed by atoms with van der Waals surface area (Å²) >= 11 is 3.22. The topological polar surface area (TPSA) is 24.9 Å². The number of benzene rings is 1. The van der Waals surface area contributed by atoms with E-state index in [1.807, 2.05) is 6.92 Å². The van der Waals surface area contributed by atoms with Crippen LogP contribution < -0.4 is 5.32 Å². The maximum absolute atomic E-state index is 13.6. The number of halogens is 2. The van der Waals surface area contributed by atoms with Crippen LogP contribution in [0.3, 0.4) is 0 Å². The van der Waals surface area contributed by atoms with Crippen molar-refractivity contribution in [3.63, 3.8) is 0 Å². The molecular weight excluding hydrogens is 307 g/mol. The highest BCUT2D eigenvalue weighted by Gasteiger charge is 2.20. The first-order valence-corrected chi connectivity index (χ1v) is 7.16. The highest BCUT2D eigenvalue weighted by atomic mass is 79.9. The summed E-state index contributed by atoms with van der Waals surface area (Å²) in [6, 6.07) is 5.33. The van der Waals surface area contributed by atoms with Gasteiger partial charge in [-0.1, -0.05) is 20.8 Å². The Kier molecular flexibility index (Phi) is 3.81. The van der Waals surface area contributed by atoms with Crippen LogP contribution in [0.25, 0.3) is 10.9 Å². The fourth-order valence-corrected chi connectivity index (χ4v) is 2.40. The molecule has 1 N–H and O–H groups in total. The lowest BCUT2D eigenvalue weighted by Crippen LogP contribution is -2.16. The van der Waals surface area contributed by atoms with Crippen molar-refractivity contribution in [1.82, 2.24) is 4.98 Å². The Morgan fingerprint density at radius 3 is 2.53 bits per heavy atom. The van der Waals surface area contributed by atoms with E-state index in [1.165, 1.54) is 6.07 Å². The molecule has 0 atom stereocenters. The van der Waals surface area contributed by atoms with Gasteiger partial charge in [0.25, 0.3) is 0 Å². The molecule has 2 aromatic rings. The van der Waals surface area contributed by atoms with E-state index in [1.54, 1.807) is 6.07 Å². The molecule has 1 aromatic heterocycles. The van der Waals surface area contributed by atoms with Gasteiger partial charge in [-0.05, 0) is 40.4 Å². The second kappa shape index (κ2) is 5.08. The zero-order valence-electron chi connectivity index (χ0n) is 11.6. The van der Waals surface area contributed by atoms with Crippen molar-refractivity contribution in [2.45, 2.75) is 33.1 Å². The van der Waals surface area contributed by atoms with Crippen LogP contribution in [0.5, 0.6) is 0 Å². The lowest BCUT2D eigenvalue weighted by Gasteiger charge is -2.23. The van der Waals surface area contributed by atoms with Crippen LogP contribution in [0, 0.1) is 5.82 Å². The van der Waals surface area contributed by atoms with E-state index < -0.39 is 0 Å². The number of aromatic nitrogens is 1. The summed E-state index contributed by atoms with van der Waals surface area (Å²) in [6.07, 6.45) is 0. The molecule has 4 heteroatoms. The molecule has 0 spiro atoms. The second-order valence-electron chi connectivity index (χ2n) is 5.62. The Labute approximate surface area is 121 Å². The highest BCUT2D eigenvalue weighted by Crippen LogP contribution is 2.32. The molecule has 0 bridgehead atoms. The monoisotopic (exact) mass is 324 g/mol. The van der Waals surface area contributed by atoms with E-state index in [0.29, 0.717) is 9.99 Å². The molecule has 1 heterocycles. The smallest absolute Gasteiger partial charge is 0.139 e. The Morgan fingerprint density at radius 2 is 1.95 bits per heavy atom. The van der Waals surface area contributed by atoms with Crippen LogP contribution >= 0.6 is 15.9 Å². The number of pyridine rings is 1. The van der Waals surface area contributed by atoms with Gasteiger partial charge in [-0.2, -0.15) is 0 Å². The van der Waals surface area contributed by atoms with E-state index in [4.69, 9.17) is 0 Å². The molecule has 102 valence electrons. The van der Waals surface area contributed by atoms with E-state index in [2.05, 4.69) is 53.1 Å². The second-order valence-corrected chi connectivity index (χ2v) is 6.48. The lowest BCUT2D eigenvalue weighted by atomic mass is 9.86. The number of nitrogens with one attached hydrogen (secondary N) is 1. The molecule has 0 radical (unpaired) electrons. The third-order valence-electron chi connectivity index (χ3n) is 3.01. The van der Waals surface area contributed by atoms with Crippen LogP contribution in [0.4, 0.5) is 10.2 Å². The number of hydrogen-bond donors (Lipinski definition) is 1. The molecule has 0 aliphatic heterocycles. The molecule has 0 saturated carbocycles. The van der Waals surface area contributed by atoms with Crippen molar-refractivity contribution in [1.29, 1.82) is 0 Å². The lowest BCUT2D eigenvalue weighted by molar-refractivity contribution is 0.590. The van der Waals surface area contributed by atoms with Crippen LogP contribution in [0.1, 0.15) is 33.3 Å². The van der Waals surface area contributed by atoms with Gasteiger partial charge in [0.05, 0.1) is 9.99 Å². The number of fused-ring (bicyclic) bond motifs is 1. The van der Waals surface area contributed by atoms with Crippen molar-refractivity contribution in [2.75, 3.05) is 11.9 Å². The average Bonchev–Trinajstić information content (AvgIpc) is 2.29. The van der Waals surface area contributed by atoms with Gasteiger partial charge >= 0.3 is 0 Å². The van der Waals surface area contributed by atoms with Gasteiger partial charge in [0.1, 0.15) is 11.6 Å². The van der Waals surface area contributed by atoms with Gasteiger partial charge in [-0.15, -0.1) is 0 Å². The highest BCUT2D eigenvalue weighted by molar-refractivity contribution is 9.10. The molecule has 2 nitrogen and oxygen atoms in total. The van der Waals surface area contributed by atoms with Crippen molar-refractivity contribution in [2.24, 2.45) is 0 Å². The van der Waals surface area contributed by atoms with Crippen molar-refractivity contribution in [3.8, 4) is 0 Å². The standard InChI is InChI=1S/C15H18BrFN2/c1-5-18-14-10(15(2,3)4)6-9-7-11(16)12(17)8-13(9)19-14/h6-8H,5H2,1-4H3,(H,18,19). The molecule has 0 saturated heterocycles. The molecule has 0 unspecified atom stereocenters. The fourth-order valence-electron chi connectivity index (χ4n) is 2.04. The molecule has 2 rings (SSSR count). The summed E-state index contributed by atoms with van der Waals surface area (Å²) in [7, 11) is 0. The third-order valence-corrected chi connectivity index (χ3v) is 3.62. The summed E-state index contributed by atoms with van der Waals surface area (Å²) in [5.41, 5.74) is 1.80. The number of rotatable bonds is 2. The maximum atomic E-state index is 13.6. The number of nitrogens with zero attached hydrogens (tertiary/aromatic N) is 1. The first-order chi connectivity index (χ1) is 8.82.